The van der Waals surface area contributed by atoms with Gasteiger partial charge >= 0.3 is 6.16 Å². The predicted molar refractivity (Wildman–Crippen MR) is 63.6 cm³/mol. The fourth-order valence-electron chi connectivity index (χ4n) is 0.995. The first-order chi connectivity index (χ1) is 8.54. The Morgan fingerprint density at radius 3 is 2.56 bits per heavy atom. The molecule has 0 heterocycles. The quantitative estimate of drug-likeness (QED) is 0.276. The van der Waals surface area contributed by atoms with Crippen LogP contribution in [0.25, 0.3) is 0 Å². The Kier molecular flexibility index (Phi) is 5.06. The molecule has 0 unspecified atom stereocenters. The molecule has 0 aliphatic heterocycles. The molecule has 1 aromatic rings. The van der Waals surface area contributed by atoms with Crippen LogP contribution >= 0.6 is 11.6 Å². The normalized spacial score (nSPS) is 10.9. The Hall–Kier alpha value is -2.15. The van der Waals surface area contributed by atoms with E-state index in [4.69, 9.17) is 11.6 Å². The molecule has 0 atom stereocenters. The van der Waals surface area contributed by atoms with Gasteiger partial charge in [-0.2, -0.15) is 0 Å². The molecule has 0 amide bonds. The highest BCUT2D eigenvalue weighted by Gasteiger charge is 2.08. The number of benzene rings is 1. The predicted octanol–water partition coefficient (Wildman–Crippen LogP) is 2.67. The van der Waals surface area contributed by atoms with Crippen molar-refractivity contribution in [1.29, 1.82) is 0 Å². The van der Waals surface area contributed by atoms with Crippen molar-refractivity contribution in [1.82, 2.24) is 0 Å². The molecule has 0 radical (unpaired) electrons. The van der Waals surface area contributed by atoms with Crippen molar-refractivity contribution in [3.05, 3.63) is 39.9 Å². The number of nitrogens with zero attached hydrogens (tertiary/aromatic N) is 2. The van der Waals surface area contributed by atoms with Crippen molar-refractivity contribution in [3.63, 3.8) is 0 Å². The lowest BCUT2D eigenvalue weighted by Gasteiger charge is -1.99. The highest BCUT2D eigenvalue weighted by atomic mass is 35.5. The van der Waals surface area contributed by atoms with Gasteiger partial charge in [0.2, 0.25) is 0 Å². The van der Waals surface area contributed by atoms with Gasteiger partial charge < -0.3 is 4.74 Å². The average molecular weight is 273 g/mol. The molecule has 0 saturated carbocycles. The van der Waals surface area contributed by atoms with E-state index in [0.29, 0.717) is 5.56 Å². The zero-order valence-corrected chi connectivity index (χ0v) is 10.1. The Morgan fingerprint density at radius 2 is 2.06 bits per heavy atom. The summed E-state index contributed by atoms with van der Waals surface area (Å²) in [7, 11) is 0. The van der Waals surface area contributed by atoms with Crippen molar-refractivity contribution in [2.75, 3.05) is 6.61 Å². The maximum atomic E-state index is 10.8. The van der Waals surface area contributed by atoms with Gasteiger partial charge in [-0.05, 0) is 19.1 Å². The summed E-state index contributed by atoms with van der Waals surface area (Å²) in [6.45, 7) is 1.77. The van der Waals surface area contributed by atoms with Gasteiger partial charge in [0, 0.05) is 17.7 Å². The van der Waals surface area contributed by atoms with Crippen LogP contribution in [0.15, 0.2) is 29.4 Å². The Morgan fingerprint density at radius 1 is 1.44 bits per heavy atom. The standard InChI is InChI=1S/C10H9ClN2O5/c1-2-17-10(14)18-12-9(11)7-3-5-8(6-4-7)13(15)16/h3-6H,2H2,1H3/b12-9-. The van der Waals surface area contributed by atoms with E-state index in [1.54, 1.807) is 6.92 Å². The number of hydrogen-bond donors (Lipinski definition) is 0. The second kappa shape index (κ2) is 6.55. The van der Waals surface area contributed by atoms with E-state index in [-0.39, 0.29) is 17.5 Å². The van der Waals surface area contributed by atoms with Gasteiger partial charge in [0.05, 0.1) is 11.5 Å². The third-order valence-corrected chi connectivity index (χ3v) is 2.07. The molecule has 0 aliphatic rings. The highest BCUT2D eigenvalue weighted by Crippen LogP contribution is 2.14. The molecule has 96 valence electrons. The van der Waals surface area contributed by atoms with Crippen LogP contribution in [-0.2, 0) is 9.57 Å². The zero-order chi connectivity index (χ0) is 13.5. The Labute approximate surface area is 107 Å². The van der Waals surface area contributed by atoms with Crippen molar-refractivity contribution in [2.45, 2.75) is 6.92 Å². The van der Waals surface area contributed by atoms with Crippen LogP contribution in [0.2, 0.25) is 0 Å². The Balaban J connectivity index is 2.71. The van der Waals surface area contributed by atoms with Crippen LogP contribution in [0.5, 0.6) is 0 Å². The van der Waals surface area contributed by atoms with Crippen LogP contribution in [0.4, 0.5) is 10.5 Å². The largest absolute Gasteiger partial charge is 0.535 e. The molecule has 8 heteroatoms. The third kappa shape index (κ3) is 4.02. The summed E-state index contributed by atoms with van der Waals surface area (Å²) in [5, 5.41) is 13.6. The van der Waals surface area contributed by atoms with E-state index in [1.165, 1.54) is 24.3 Å². The number of carbonyl (C=O) groups is 1. The van der Waals surface area contributed by atoms with Gasteiger partial charge in [0.25, 0.3) is 5.69 Å². The van der Waals surface area contributed by atoms with Crippen molar-refractivity contribution >= 4 is 28.6 Å². The number of ether oxygens (including phenoxy) is 1. The number of carbonyl (C=O) groups excluding carboxylic acids is 1. The third-order valence-electron chi connectivity index (χ3n) is 1.78. The molecule has 1 aromatic carbocycles. The van der Waals surface area contributed by atoms with E-state index >= 15 is 0 Å². The number of nitro benzene ring substituents is 1. The van der Waals surface area contributed by atoms with Gasteiger partial charge in [-0.25, -0.2) is 4.79 Å². The lowest BCUT2D eigenvalue weighted by molar-refractivity contribution is -0.384. The molecule has 0 aromatic heterocycles. The summed E-state index contributed by atoms with van der Waals surface area (Å²) in [5.74, 6) is 0. The number of halogens is 1. The monoisotopic (exact) mass is 272 g/mol. The summed E-state index contributed by atoms with van der Waals surface area (Å²) < 4.78 is 4.46. The van der Waals surface area contributed by atoms with E-state index < -0.39 is 11.1 Å². The van der Waals surface area contributed by atoms with Crippen molar-refractivity contribution in [3.8, 4) is 0 Å². The highest BCUT2D eigenvalue weighted by molar-refractivity contribution is 6.69. The number of rotatable bonds is 4. The first-order valence-corrected chi connectivity index (χ1v) is 5.24. The fourth-order valence-corrected chi connectivity index (χ4v) is 1.16. The minimum absolute atomic E-state index is 0.0745. The average Bonchev–Trinajstić information content (AvgIpc) is 2.36. The smallest absolute Gasteiger partial charge is 0.433 e. The summed E-state index contributed by atoms with van der Waals surface area (Å²) in [6.07, 6.45) is -0.974. The second-order valence-electron chi connectivity index (χ2n) is 2.96. The van der Waals surface area contributed by atoms with Gasteiger partial charge in [-0.3, -0.25) is 15.0 Å². The van der Waals surface area contributed by atoms with Crippen LogP contribution in [0.3, 0.4) is 0 Å². The molecule has 0 fully saturated rings. The van der Waals surface area contributed by atoms with Crippen LogP contribution < -0.4 is 0 Å². The molecule has 0 bridgehead atoms. The molecule has 0 saturated heterocycles. The molecule has 0 spiro atoms. The maximum absolute atomic E-state index is 10.8. The summed E-state index contributed by atoms with van der Waals surface area (Å²) in [6, 6.07) is 5.30. The lowest BCUT2D eigenvalue weighted by Crippen LogP contribution is -2.04. The van der Waals surface area contributed by atoms with Crippen molar-refractivity contribution in [2.24, 2.45) is 5.16 Å². The van der Waals surface area contributed by atoms with Crippen LogP contribution in [-0.4, -0.2) is 22.9 Å². The Bertz CT molecular complexity index is 472. The zero-order valence-electron chi connectivity index (χ0n) is 9.33. The first kappa shape index (κ1) is 13.9. The molecule has 18 heavy (non-hydrogen) atoms. The topological polar surface area (TPSA) is 91.0 Å². The summed E-state index contributed by atoms with van der Waals surface area (Å²) >= 11 is 5.73. The minimum atomic E-state index is -0.974. The molecular formula is C10H9ClN2O5. The van der Waals surface area contributed by atoms with Gasteiger partial charge in [0.1, 0.15) is 0 Å². The second-order valence-corrected chi connectivity index (χ2v) is 3.32. The van der Waals surface area contributed by atoms with E-state index in [2.05, 4.69) is 14.7 Å². The first-order valence-electron chi connectivity index (χ1n) is 4.86. The lowest BCUT2D eigenvalue weighted by atomic mass is 10.2. The molecular weight excluding hydrogens is 264 g/mol. The van der Waals surface area contributed by atoms with Crippen LogP contribution in [0.1, 0.15) is 12.5 Å². The summed E-state index contributed by atoms with van der Waals surface area (Å²) in [5.41, 5.74) is 0.307. The summed E-state index contributed by atoms with van der Waals surface area (Å²) in [4.78, 5) is 25.0. The molecule has 0 aliphatic carbocycles. The van der Waals surface area contributed by atoms with Gasteiger partial charge in [-0.1, -0.05) is 16.8 Å². The number of non-ortho nitro benzene ring substituents is 1. The number of nitro groups is 1. The van der Waals surface area contributed by atoms with E-state index in [9.17, 15) is 14.9 Å². The van der Waals surface area contributed by atoms with E-state index in [1.807, 2.05) is 0 Å². The van der Waals surface area contributed by atoms with Crippen molar-refractivity contribution < 1.29 is 19.3 Å². The van der Waals surface area contributed by atoms with Gasteiger partial charge in [0.15, 0.2) is 5.17 Å². The molecule has 1 rings (SSSR count). The number of oxime groups is 1. The fraction of sp³-hybridized carbons (Fsp3) is 0.200. The molecule has 0 N–H and O–H groups in total. The maximum Gasteiger partial charge on any atom is 0.535 e. The van der Waals surface area contributed by atoms with E-state index in [0.717, 1.165) is 0 Å². The number of hydrogen-bond acceptors (Lipinski definition) is 6. The minimum Gasteiger partial charge on any atom is -0.433 e. The SMILES string of the molecule is CCOC(=O)O/N=C(\Cl)c1ccc([N+](=O)[O-])cc1. The molecule has 7 nitrogen and oxygen atoms in total. The van der Waals surface area contributed by atoms with Gasteiger partial charge in [-0.15, -0.1) is 0 Å². The van der Waals surface area contributed by atoms with Crippen LogP contribution in [0, 0.1) is 10.1 Å².